The first-order valence-corrected chi connectivity index (χ1v) is 8.90. The first kappa shape index (κ1) is 17.0. The van der Waals surface area contributed by atoms with Crippen LogP contribution in [0.2, 0.25) is 0 Å². The van der Waals surface area contributed by atoms with Crippen LogP contribution in [0.1, 0.15) is 27.3 Å². The summed E-state index contributed by atoms with van der Waals surface area (Å²) in [5.41, 5.74) is 4.44. The molecule has 0 saturated carbocycles. The number of amides is 1. The number of aryl methyl sites for hydroxylation is 1. The second-order valence-electron chi connectivity index (χ2n) is 6.44. The van der Waals surface area contributed by atoms with Gasteiger partial charge in [0.15, 0.2) is 5.65 Å². The van der Waals surface area contributed by atoms with E-state index in [1.807, 2.05) is 61.5 Å². The minimum Gasteiger partial charge on any atom is -0.345 e. The number of rotatable bonds is 5. The lowest BCUT2D eigenvalue weighted by Gasteiger charge is -2.11. The highest BCUT2D eigenvalue weighted by molar-refractivity contribution is 5.95. The predicted octanol–water partition coefficient (Wildman–Crippen LogP) is 3.72. The molecule has 0 aliphatic rings. The predicted molar refractivity (Wildman–Crippen MR) is 105 cm³/mol. The molecule has 1 amide bonds. The van der Waals surface area contributed by atoms with Gasteiger partial charge in [0, 0.05) is 11.8 Å². The number of aromatic nitrogens is 3. The van der Waals surface area contributed by atoms with Crippen molar-refractivity contribution in [1.29, 1.82) is 0 Å². The fraction of sp³-hybridized carbons (Fsp3) is 0.136. The summed E-state index contributed by atoms with van der Waals surface area (Å²) in [6, 6.07) is 21.6. The van der Waals surface area contributed by atoms with Gasteiger partial charge in [0.2, 0.25) is 0 Å². The van der Waals surface area contributed by atoms with Crippen LogP contribution in [-0.2, 0) is 13.1 Å². The first-order chi connectivity index (χ1) is 13.2. The third-order valence-corrected chi connectivity index (χ3v) is 4.56. The minimum atomic E-state index is -0.0978. The highest BCUT2D eigenvalue weighted by Crippen LogP contribution is 2.16. The third-order valence-electron chi connectivity index (χ3n) is 4.56. The number of nitrogens with one attached hydrogen (secondary N) is 1. The van der Waals surface area contributed by atoms with Crippen molar-refractivity contribution in [2.24, 2.45) is 0 Å². The van der Waals surface area contributed by atoms with E-state index >= 15 is 0 Å². The van der Waals surface area contributed by atoms with Crippen LogP contribution in [0.5, 0.6) is 0 Å². The summed E-state index contributed by atoms with van der Waals surface area (Å²) in [6.45, 7) is 2.93. The van der Waals surface area contributed by atoms with Gasteiger partial charge in [-0.3, -0.25) is 4.79 Å². The summed E-state index contributed by atoms with van der Waals surface area (Å²) >= 11 is 0. The minimum absolute atomic E-state index is 0.0978. The van der Waals surface area contributed by atoms with Crippen LogP contribution in [0.4, 0.5) is 0 Å². The Morgan fingerprint density at radius 2 is 1.78 bits per heavy atom. The Morgan fingerprint density at radius 1 is 1.00 bits per heavy atom. The van der Waals surface area contributed by atoms with Gasteiger partial charge < -0.3 is 9.88 Å². The fourth-order valence-corrected chi connectivity index (χ4v) is 3.15. The Balaban J connectivity index is 1.62. The summed E-state index contributed by atoms with van der Waals surface area (Å²) in [7, 11) is 0. The number of pyridine rings is 1. The van der Waals surface area contributed by atoms with Crippen molar-refractivity contribution in [1.82, 2.24) is 19.9 Å². The standard InChI is InChI=1S/C22H20N4O/c1-16-8-5-6-11-18(16)22(27)24-14-20-25-19-12-7-13-23-21(19)26(20)15-17-9-3-2-4-10-17/h2-13H,14-15H2,1H3,(H,24,27). The molecule has 2 aromatic heterocycles. The molecule has 0 atom stereocenters. The Kier molecular flexibility index (Phi) is 4.66. The normalized spacial score (nSPS) is 10.9. The molecule has 5 heteroatoms. The second-order valence-corrected chi connectivity index (χ2v) is 6.44. The third kappa shape index (κ3) is 3.58. The summed E-state index contributed by atoms with van der Waals surface area (Å²) in [6.07, 6.45) is 1.77. The van der Waals surface area contributed by atoms with E-state index in [-0.39, 0.29) is 5.91 Å². The van der Waals surface area contributed by atoms with E-state index in [9.17, 15) is 4.79 Å². The summed E-state index contributed by atoms with van der Waals surface area (Å²) in [5, 5.41) is 2.99. The van der Waals surface area contributed by atoms with E-state index < -0.39 is 0 Å². The summed E-state index contributed by atoms with van der Waals surface area (Å²) in [5.74, 6) is 0.689. The average molecular weight is 356 g/mol. The van der Waals surface area contributed by atoms with Crippen molar-refractivity contribution >= 4 is 17.1 Å². The first-order valence-electron chi connectivity index (χ1n) is 8.90. The van der Waals surface area contributed by atoms with E-state index in [0.717, 1.165) is 28.1 Å². The lowest BCUT2D eigenvalue weighted by molar-refractivity contribution is 0.0949. The van der Waals surface area contributed by atoms with Gasteiger partial charge in [-0.05, 0) is 36.2 Å². The van der Waals surface area contributed by atoms with Gasteiger partial charge in [0.05, 0.1) is 13.1 Å². The van der Waals surface area contributed by atoms with Gasteiger partial charge in [-0.25, -0.2) is 9.97 Å². The SMILES string of the molecule is Cc1ccccc1C(=O)NCc1nc2cccnc2n1Cc1ccccc1. The molecule has 1 N–H and O–H groups in total. The maximum atomic E-state index is 12.6. The number of imidazole rings is 1. The number of benzene rings is 2. The number of fused-ring (bicyclic) bond motifs is 1. The maximum absolute atomic E-state index is 12.6. The molecule has 27 heavy (non-hydrogen) atoms. The number of nitrogens with zero attached hydrogens (tertiary/aromatic N) is 3. The highest BCUT2D eigenvalue weighted by Gasteiger charge is 2.14. The van der Waals surface area contributed by atoms with Crippen LogP contribution < -0.4 is 5.32 Å². The number of hydrogen-bond acceptors (Lipinski definition) is 3. The van der Waals surface area contributed by atoms with Gasteiger partial charge in [0.25, 0.3) is 5.91 Å². The van der Waals surface area contributed by atoms with Crippen molar-refractivity contribution < 1.29 is 4.79 Å². The molecule has 4 aromatic rings. The molecule has 5 nitrogen and oxygen atoms in total. The molecule has 0 radical (unpaired) electrons. The van der Waals surface area contributed by atoms with E-state index in [2.05, 4.69) is 32.0 Å². The van der Waals surface area contributed by atoms with E-state index in [1.165, 1.54) is 0 Å². The van der Waals surface area contributed by atoms with Crippen LogP contribution in [0.15, 0.2) is 72.9 Å². The van der Waals surface area contributed by atoms with Crippen LogP contribution in [0, 0.1) is 6.92 Å². The van der Waals surface area contributed by atoms with Crippen molar-refractivity contribution in [3.8, 4) is 0 Å². The van der Waals surface area contributed by atoms with Crippen molar-refractivity contribution in [2.75, 3.05) is 0 Å². The van der Waals surface area contributed by atoms with Gasteiger partial charge in [-0.2, -0.15) is 0 Å². The molecule has 0 saturated heterocycles. The number of carbonyl (C=O) groups is 1. The van der Waals surface area contributed by atoms with Crippen LogP contribution in [-0.4, -0.2) is 20.4 Å². The Hall–Kier alpha value is -3.47. The van der Waals surface area contributed by atoms with Crippen molar-refractivity contribution in [3.05, 3.63) is 95.4 Å². The second kappa shape index (κ2) is 7.41. The van der Waals surface area contributed by atoms with Crippen LogP contribution in [0.3, 0.4) is 0 Å². The van der Waals surface area contributed by atoms with Gasteiger partial charge >= 0.3 is 0 Å². The Morgan fingerprint density at radius 3 is 2.59 bits per heavy atom. The Labute approximate surface area is 157 Å². The lowest BCUT2D eigenvalue weighted by Crippen LogP contribution is -2.25. The molecule has 0 bridgehead atoms. The average Bonchev–Trinajstić information content (AvgIpc) is 3.05. The van der Waals surface area contributed by atoms with Crippen LogP contribution >= 0.6 is 0 Å². The van der Waals surface area contributed by atoms with Crippen molar-refractivity contribution in [3.63, 3.8) is 0 Å². The molecule has 2 aromatic carbocycles. The zero-order chi connectivity index (χ0) is 18.6. The fourth-order valence-electron chi connectivity index (χ4n) is 3.15. The summed E-state index contributed by atoms with van der Waals surface area (Å²) in [4.78, 5) is 21.7. The zero-order valence-electron chi connectivity index (χ0n) is 15.1. The topological polar surface area (TPSA) is 59.8 Å². The van der Waals surface area contributed by atoms with Crippen LogP contribution in [0.25, 0.3) is 11.2 Å². The van der Waals surface area contributed by atoms with Gasteiger partial charge in [0.1, 0.15) is 11.3 Å². The van der Waals surface area contributed by atoms with E-state index in [4.69, 9.17) is 0 Å². The largest absolute Gasteiger partial charge is 0.345 e. The molecule has 134 valence electrons. The molecular weight excluding hydrogens is 336 g/mol. The van der Waals surface area contributed by atoms with E-state index in [1.54, 1.807) is 6.20 Å². The lowest BCUT2D eigenvalue weighted by atomic mass is 10.1. The Bertz CT molecular complexity index is 1090. The molecule has 0 unspecified atom stereocenters. The smallest absolute Gasteiger partial charge is 0.251 e. The quantitative estimate of drug-likeness (QED) is 0.593. The van der Waals surface area contributed by atoms with Crippen molar-refractivity contribution in [2.45, 2.75) is 20.0 Å². The monoisotopic (exact) mass is 356 g/mol. The molecule has 0 spiro atoms. The zero-order valence-corrected chi connectivity index (χ0v) is 15.1. The number of carbonyl (C=O) groups excluding carboxylic acids is 1. The molecule has 0 fully saturated rings. The molecular formula is C22H20N4O. The summed E-state index contributed by atoms with van der Waals surface area (Å²) < 4.78 is 2.06. The molecule has 0 aliphatic carbocycles. The highest BCUT2D eigenvalue weighted by atomic mass is 16.1. The molecule has 2 heterocycles. The van der Waals surface area contributed by atoms with Gasteiger partial charge in [-0.1, -0.05) is 48.5 Å². The molecule has 0 aliphatic heterocycles. The number of hydrogen-bond donors (Lipinski definition) is 1. The van der Waals surface area contributed by atoms with Gasteiger partial charge in [-0.15, -0.1) is 0 Å². The maximum Gasteiger partial charge on any atom is 0.251 e. The molecule has 4 rings (SSSR count). The van der Waals surface area contributed by atoms with E-state index in [0.29, 0.717) is 18.7 Å².